The number of carbonyl (C=O) groups excluding carboxylic acids is 1. The summed E-state index contributed by atoms with van der Waals surface area (Å²) in [5, 5.41) is 3.14. The van der Waals surface area contributed by atoms with Gasteiger partial charge in [-0.3, -0.25) is 9.59 Å². The van der Waals surface area contributed by atoms with E-state index in [-0.39, 0.29) is 23.5 Å². The summed E-state index contributed by atoms with van der Waals surface area (Å²) < 4.78 is 22.2. The molecule has 7 nitrogen and oxygen atoms in total. The molecule has 0 atom stereocenters. The van der Waals surface area contributed by atoms with Gasteiger partial charge in [0.05, 0.1) is 19.6 Å². The molecule has 1 amide bonds. The molecule has 34 heavy (non-hydrogen) atoms. The molecule has 0 unspecified atom stereocenters. The van der Waals surface area contributed by atoms with E-state index in [9.17, 15) is 9.59 Å². The van der Waals surface area contributed by atoms with Crippen LogP contribution in [0.3, 0.4) is 0 Å². The number of benzene rings is 3. The van der Waals surface area contributed by atoms with Crippen molar-refractivity contribution in [2.75, 3.05) is 26.1 Å². The van der Waals surface area contributed by atoms with Crippen LogP contribution in [0.25, 0.3) is 22.3 Å². The molecule has 1 aromatic heterocycles. The van der Waals surface area contributed by atoms with E-state index in [0.29, 0.717) is 33.7 Å². The second kappa shape index (κ2) is 9.70. The Bertz CT molecular complexity index is 1390. The van der Waals surface area contributed by atoms with Crippen LogP contribution in [0.15, 0.2) is 69.9 Å². The van der Waals surface area contributed by atoms with Crippen molar-refractivity contribution in [1.82, 2.24) is 0 Å². The number of fused-ring (bicyclic) bond motifs is 1. The Hall–Kier alpha value is -4.26. The molecule has 1 heterocycles. The van der Waals surface area contributed by atoms with Gasteiger partial charge in [-0.05, 0) is 85.6 Å². The number of carbonyl (C=O) groups is 1. The number of methoxy groups -OCH3 is 2. The van der Waals surface area contributed by atoms with E-state index in [1.165, 1.54) is 0 Å². The van der Waals surface area contributed by atoms with E-state index in [4.69, 9.17) is 18.6 Å². The Morgan fingerprint density at radius 2 is 1.47 bits per heavy atom. The van der Waals surface area contributed by atoms with E-state index in [0.717, 1.165) is 11.1 Å². The summed E-state index contributed by atoms with van der Waals surface area (Å²) in [6.07, 6.45) is 0. The highest BCUT2D eigenvalue weighted by atomic mass is 16.5. The molecule has 3 aromatic carbocycles. The molecule has 0 spiro atoms. The van der Waals surface area contributed by atoms with Gasteiger partial charge in [-0.1, -0.05) is 0 Å². The molecule has 0 fully saturated rings. The number of rotatable bonds is 7. The molecule has 174 valence electrons. The molecule has 0 aliphatic carbocycles. The number of aryl methyl sites for hydroxylation is 2. The van der Waals surface area contributed by atoms with Crippen LogP contribution in [0, 0.1) is 13.8 Å². The van der Waals surface area contributed by atoms with Gasteiger partial charge in [-0.25, -0.2) is 0 Å². The molecule has 0 aliphatic heterocycles. The lowest BCUT2D eigenvalue weighted by Crippen LogP contribution is -2.22. The second-order valence-corrected chi connectivity index (χ2v) is 7.82. The number of ether oxygens (including phenoxy) is 3. The zero-order chi connectivity index (χ0) is 24.2. The van der Waals surface area contributed by atoms with Gasteiger partial charge in [-0.2, -0.15) is 0 Å². The predicted octanol–water partition coefficient (Wildman–Crippen LogP) is 5.11. The fourth-order valence-corrected chi connectivity index (χ4v) is 3.51. The molecule has 0 radical (unpaired) electrons. The van der Waals surface area contributed by atoms with E-state index in [1.807, 2.05) is 19.9 Å². The van der Waals surface area contributed by atoms with Crippen LogP contribution >= 0.6 is 0 Å². The Kier molecular flexibility index (Phi) is 6.54. The van der Waals surface area contributed by atoms with Crippen molar-refractivity contribution in [2.45, 2.75) is 13.8 Å². The molecule has 1 N–H and O–H groups in total. The maximum atomic E-state index is 13.4. The van der Waals surface area contributed by atoms with E-state index in [1.54, 1.807) is 68.8 Å². The molecular formula is C27H25NO6. The van der Waals surface area contributed by atoms with Crippen LogP contribution in [-0.4, -0.2) is 26.7 Å². The van der Waals surface area contributed by atoms with E-state index >= 15 is 0 Å². The molecule has 7 heteroatoms. The SMILES string of the molecule is COc1ccc(NC(=O)COc2c(-c3ccc(OC)cc3)oc3cc(C)c(C)cc3c2=O)cc1. The molecule has 0 aliphatic rings. The number of hydrogen-bond donors (Lipinski definition) is 1. The van der Waals surface area contributed by atoms with Gasteiger partial charge in [0.25, 0.3) is 5.91 Å². The summed E-state index contributed by atoms with van der Waals surface area (Å²) in [6.45, 7) is 3.51. The van der Waals surface area contributed by atoms with E-state index in [2.05, 4.69) is 5.32 Å². The predicted molar refractivity (Wildman–Crippen MR) is 131 cm³/mol. The van der Waals surface area contributed by atoms with Crippen molar-refractivity contribution in [2.24, 2.45) is 0 Å². The average molecular weight is 459 g/mol. The lowest BCUT2D eigenvalue weighted by Gasteiger charge is -2.13. The van der Waals surface area contributed by atoms with Crippen molar-refractivity contribution in [1.29, 1.82) is 0 Å². The number of hydrogen-bond acceptors (Lipinski definition) is 6. The van der Waals surface area contributed by atoms with Gasteiger partial charge < -0.3 is 23.9 Å². The first-order chi connectivity index (χ1) is 16.4. The summed E-state index contributed by atoms with van der Waals surface area (Å²) in [6, 6.07) is 17.6. The highest BCUT2D eigenvalue weighted by Gasteiger charge is 2.20. The smallest absolute Gasteiger partial charge is 0.262 e. The van der Waals surface area contributed by atoms with Crippen molar-refractivity contribution in [3.05, 3.63) is 82.0 Å². The van der Waals surface area contributed by atoms with Gasteiger partial charge >= 0.3 is 0 Å². The van der Waals surface area contributed by atoms with Crippen LogP contribution in [0.4, 0.5) is 5.69 Å². The summed E-state index contributed by atoms with van der Waals surface area (Å²) in [4.78, 5) is 25.9. The topological polar surface area (TPSA) is 87.0 Å². The van der Waals surface area contributed by atoms with Gasteiger partial charge in [0.1, 0.15) is 17.1 Å². The van der Waals surface area contributed by atoms with E-state index < -0.39 is 5.91 Å². The highest BCUT2D eigenvalue weighted by molar-refractivity contribution is 5.92. The normalized spacial score (nSPS) is 10.7. The van der Waals surface area contributed by atoms with Gasteiger partial charge in [0, 0.05) is 11.3 Å². The second-order valence-electron chi connectivity index (χ2n) is 7.82. The number of amides is 1. The summed E-state index contributed by atoms with van der Waals surface area (Å²) in [7, 11) is 3.14. The minimum atomic E-state index is -0.412. The monoisotopic (exact) mass is 459 g/mol. The maximum absolute atomic E-state index is 13.4. The van der Waals surface area contributed by atoms with Crippen molar-refractivity contribution in [3.8, 4) is 28.6 Å². The van der Waals surface area contributed by atoms with Crippen LogP contribution in [0.5, 0.6) is 17.2 Å². The summed E-state index contributed by atoms with van der Waals surface area (Å²) in [5.74, 6) is 1.16. The Balaban J connectivity index is 1.68. The minimum absolute atomic E-state index is 0.0224. The average Bonchev–Trinajstić information content (AvgIpc) is 2.85. The van der Waals surface area contributed by atoms with Gasteiger partial charge in [0.2, 0.25) is 11.2 Å². The number of nitrogens with one attached hydrogen (secondary N) is 1. The fourth-order valence-electron chi connectivity index (χ4n) is 3.51. The van der Waals surface area contributed by atoms with Crippen molar-refractivity contribution >= 4 is 22.6 Å². The molecule has 4 rings (SSSR count). The molecule has 4 aromatic rings. The lowest BCUT2D eigenvalue weighted by atomic mass is 10.0. The zero-order valence-corrected chi connectivity index (χ0v) is 19.4. The molecule has 0 saturated heterocycles. The largest absolute Gasteiger partial charge is 0.497 e. The minimum Gasteiger partial charge on any atom is -0.497 e. The van der Waals surface area contributed by atoms with Crippen LogP contribution in [-0.2, 0) is 4.79 Å². The first-order valence-electron chi connectivity index (χ1n) is 10.7. The van der Waals surface area contributed by atoms with Gasteiger partial charge in [-0.15, -0.1) is 0 Å². The van der Waals surface area contributed by atoms with Crippen LogP contribution in [0.2, 0.25) is 0 Å². The van der Waals surface area contributed by atoms with Crippen LogP contribution in [0.1, 0.15) is 11.1 Å². The summed E-state index contributed by atoms with van der Waals surface area (Å²) in [5.41, 5.74) is 3.29. The van der Waals surface area contributed by atoms with Crippen molar-refractivity contribution < 1.29 is 23.4 Å². The molecule has 0 saturated carbocycles. The third kappa shape index (κ3) is 4.73. The summed E-state index contributed by atoms with van der Waals surface area (Å²) >= 11 is 0. The van der Waals surface area contributed by atoms with Crippen molar-refractivity contribution in [3.63, 3.8) is 0 Å². The van der Waals surface area contributed by atoms with Crippen LogP contribution < -0.4 is 25.0 Å². The fraction of sp³-hybridized carbons (Fsp3) is 0.185. The zero-order valence-electron chi connectivity index (χ0n) is 19.4. The maximum Gasteiger partial charge on any atom is 0.262 e. The molecular weight excluding hydrogens is 434 g/mol. The first-order valence-corrected chi connectivity index (χ1v) is 10.7. The Labute approximate surface area is 196 Å². The standard InChI is InChI=1S/C27H25NO6/c1-16-13-22-23(14-17(16)2)34-26(18-5-9-20(31-3)10-6-18)27(25(22)30)33-15-24(29)28-19-7-11-21(32-4)12-8-19/h5-14H,15H2,1-4H3,(H,28,29). The number of anilines is 1. The highest BCUT2D eigenvalue weighted by Crippen LogP contribution is 2.33. The Morgan fingerprint density at radius 3 is 2.09 bits per heavy atom. The first kappa shape index (κ1) is 22.9. The third-order valence-corrected chi connectivity index (χ3v) is 5.54. The van der Waals surface area contributed by atoms with Gasteiger partial charge in [0.15, 0.2) is 12.4 Å². The lowest BCUT2D eigenvalue weighted by molar-refractivity contribution is -0.118. The Morgan fingerprint density at radius 1 is 0.882 bits per heavy atom. The third-order valence-electron chi connectivity index (χ3n) is 5.54. The quantitative estimate of drug-likeness (QED) is 0.413. The molecule has 0 bridgehead atoms.